The molecule has 0 aromatic carbocycles. The van der Waals surface area contributed by atoms with Crippen LogP contribution in [0.25, 0.3) is 11.7 Å². The molecule has 6 rings (SSSR count). The molecule has 0 unspecified atom stereocenters. The topological polar surface area (TPSA) is 154 Å². The highest BCUT2D eigenvalue weighted by Crippen LogP contribution is 2.46. The number of anilines is 1. The fraction of sp³-hybridized carbons (Fsp3) is 0.400. The van der Waals surface area contributed by atoms with Crippen molar-refractivity contribution in [1.29, 1.82) is 0 Å². The van der Waals surface area contributed by atoms with Crippen molar-refractivity contribution in [3.63, 3.8) is 0 Å². The molecule has 2 fully saturated rings. The van der Waals surface area contributed by atoms with Crippen molar-refractivity contribution in [3.8, 4) is 5.88 Å². The Morgan fingerprint density at radius 1 is 1.31 bits per heavy atom. The van der Waals surface area contributed by atoms with Crippen LogP contribution in [0.15, 0.2) is 34.7 Å². The van der Waals surface area contributed by atoms with Gasteiger partial charge in [0.2, 0.25) is 11.8 Å². The number of rotatable bonds is 7. The average molecular weight is 434 g/mol. The van der Waals surface area contributed by atoms with E-state index in [1.165, 1.54) is 0 Å². The molecular weight excluding hydrogens is 412 g/mol. The van der Waals surface area contributed by atoms with Crippen LogP contribution in [0.3, 0.4) is 0 Å². The van der Waals surface area contributed by atoms with Crippen LogP contribution < -0.4 is 21.8 Å². The van der Waals surface area contributed by atoms with Crippen molar-refractivity contribution in [1.82, 2.24) is 39.1 Å². The van der Waals surface area contributed by atoms with Crippen LogP contribution in [0.2, 0.25) is 0 Å². The van der Waals surface area contributed by atoms with Gasteiger partial charge in [0, 0.05) is 36.1 Å². The van der Waals surface area contributed by atoms with E-state index in [0.29, 0.717) is 22.4 Å². The van der Waals surface area contributed by atoms with Crippen molar-refractivity contribution < 1.29 is 5.11 Å². The number of H-pyrrole nitrogens is 2. The largest absolute Gasteiger partial charge is 0.493 e. The van der Waals surface area contributed by atoms with E-state index in [1.54, 1.807) is 23.0 Å². The lowest BCUT2D eigenvalue weighted by Gasteiger charge is -2.16. The maximum absolute atomic E-state index is 11.5. The van der Waals surface area contributed by atoms with Crippen LogP contribution in [-0.2, 0) is 6.54 Å². The molecule has 0 atom stereocenters. The predicted octanol–water partition coefficient (Wildman–Crippen LogP) is -0.454. The van der Waals surface area contributed by atoms with Gasteiger partial charge in [0.15, 0.2) is 5.65 Å². The molecule has 4 aromatic heterocycles. The second kappa shape index (κ2) is 7.04. The second-order valence-electron chi connectivity index (χ2n) is 8.62. The Morgan fingerprint density at radius 3 is 2.88 bits per heavy atom. The molecular formula is C20H22N10O2. The third kappa shape index (κ3) is 3.63. The third-order valence-electron chi connectivity index (χ3n) is 5.91. The average Bonchev–Trinajstić information content (AvgIpc) is 3.59. The molecule has 2 aliphatic carbocycles. The molecule has 2 saturated carbocycles. The lowest BCUT2D eigenvalue weighted by atomic mass is 10.1. The van der Waals surface area contributed by atoms with Gasteiger partial charge in [0.05, 0.1) is 18.6 Å². The maximum Gasteiger partial charge on any atom is 0.326 e. The molecule has 0 radical (unpaired) electrons. The Kier molecular flexibility index (Phi) is 4.13. The van der Waals surface area contributed by atoms with E-state index in [1.807, 2.05) is 12.5 Å². The monoisotopic (exact) mass is 434 g/mol. The summed E-state index contributed by atoms with van der Waals surface area (Å²) in [5.74, 6) is 0.246. The van der Waals surface area contributed by atoms with Crippen LogP contribution in [0.1, 0.15) is 31.4 Å². The van der Waals surface area contributed by atoms with Gasteiger partial charge in [-0.1, -0.05) is 0 Å². The third-order valence-corrected chi connectivity index (χ3v) is 5.91. The molecule has 164 valence electrons. The number of aromatic nitrogens is 8. The van der Waals surface area contributed by atoms with Gasteiger partial charge in [0.1, 0.15) is 5.69 Å². The van der Waals surface area contributed by atoms with Gasteiger partial charge < -0.3 is 20.0 Å². The summed E-state index contributed by atoms with van der Waals surface area (Å²) in [6.07, 6.45) is 13.2. The number of aromatic amines is 2. The number of hydrogen-bond acceptors (Lipinski definition) is 8. The Labute approximate surface area is 180 Å². The van der Waals surface area contributed by atoms with E-state index in [9.17, 15) is 9.90 Å². The van der Waals surface area contributed by atoms with Crippen LogP contribution in [0.4, 0.5) is 5.95 Å². The molecule has 4 N–H and O–H groups in total. The number of aromatic hydroxyl groups is 1. The molecule has 32 heavy (non-hydrogen) atoms. The maximum atomic E-state index is 11.5. The smallest absolute Gasteiger partial charge is 0.326 e. The van der Waals surface area contributed by atoms with Gasteiger partial charge in [-0.25, -0.2) is 14.8 Å². The minimum absolute atomic E-state index is 0.162. The van der Waals surface area contributed by atoms with Gasteiger partial charge in [0.25, 0.3) is 5.62 Å². The highest BCUT2D eigenvalue weighted by atomic mass is 16.3. The van der Waals surface area contributed by atoms with Crippen molar-refractivity contribution in [2.75, 3.05) is 11.9 Å². The number of hydrogen-bond donors (Lipinski definition) is 4. The standard InChI is InChI=1S/C20H22N10O2/c31-16-14(25-19(32)27-16)7-12-8-23-30-15(12)26-17(28-18(30)24-13-1-2-13)22-9-20(3-4-20)10-29-6-5-21-11-29/h5-8,11,13,31H,1-4,9-10H2,(H,22,24,28)(H2,25,27,32)/b12-7+. The summed E-state index contributed by atoms with van der Waals surface area (Å²) in [6.45, 7) is 1.64. The number of nitrogens with one attached hydrogen (secondary N) is 3. The van der Waals surface area contributed by atoms with Gasteiger partial charge in [-0.15, -0.1) is 0 Å². The molecule has 0 aliphatic heterocycles. The van der Waals surface area contributed by atoms with E-state index in [0.717, 1.165) is 38.8 Å². The van der Waals surface area contributed by atoms with Crippen LogP contribution in [-0.4, -0.2) is 56.8 Å². The van der Waals surface area contributed by atoms with Crippen molar-refractivity contribution in [2.45, 2.75) is 38.3 Å². The fourth-order valence-corrected chi connectivity index (χ4v) is 3.76. The molecule has 0 bridgehead atoms. The molecule has 0 saturated heterocycles. The summed E-state index contributed by atoms with van der Waals surface area (Å²) in [5.41, 5.74) is 0.971. The number of nitrogens with zero attached hydrogens (tertiary/aromatic N) is 7. The van der Waals surface area contributed by atoms with Gasteiger partial charge in [-0.2, -0.15) is 19.6 Å². The fourth-order valence-electron chi connectivity index (χ4n) is 3.76. The lowest BCUT2D eigenvalue weighted by Crippen LogP contribution is -2.27. The minimum Gasteiger partial charge on any atom is -0.493 e. The quantitative estimate of drug-likeness (QED) is 0.307. The molecule has 4 heterocycles. The van der Waals surface area contributed by atoms with E-state index in [4.69, 9.17) is 4.99 Å². The first-order valence-electron chi connectivity index (χ1n) is 10.6. The van der Waals surface area contributed by atoms with Crippen LogP contribution in [0, 0.1) is 5.41 Å². The highest BCUT2D eigenvalue weighted by Gasteiger charge is 2.42. The zero-order valence-electron chi connectivity index (χ0n) is 17.2. The SMILES string of the molecule is O=c1[nH]c(O)c(/C=c2\cnn3c(=NC4CC4)nc(NCC4(Cn5ccnc5)CC4)nc23)[nH]1. The summed E-state index contributed by atoms with van der Waals surface area (Å²) in [4.78, 5) is 34.4. The van der Waals surface area contributed by atoms with E-state index < -0.39 is 5.69 Å². The van der Waals surface area contributed by atoms with Crippen LogP contribution >= 0.6 is 0 Å². The zero-order chi connectivity index (χ0) is 21.7. The summed E-state index contributed by atoms with van der Waals surface area (Å²) < 4.78 is 3.69. The van der Waals surface area contributed by atoms with Crippen molar-refractivity contribution >= 4 is 17.7 Å². The summed E-state index contributed by atoms with van der Waals surface area (Å²) in [7, 11) is 0. The van der Waals surface area contributed by atoms with E-state index >= 15 is 0 Å². The molecule has 4 aromatic rings. The van der Waals surface area contributed by atoms with E-state index in [2.05, 4.69) is 39.9 Å². The Hall–Kier alpha value is -3.96. The molecule has 0 spiro atoms. The predicted molar refractivity (Wildman–Crippen MR) is 114 cm³/mol. The van der Waals surface area contributed by atoms with Gasteiger partial charge >= 0.3 is 5.69 Å². The molecule has 0 amide bonds. The first-order chi connectivity index (χ1) is 15.6. The minimum atomic E-state index is -0.487. The van der Waals surface area contributed by atoms with E-state index in [-0.39, 0.29) is 23.0 Å². The Morgan fingerprint density at radius 2 is 2.19 bits per heavy atom. The van der Waals surface area contributed by atoms with Gasteiger partial charge in [-0.3, -0.25) is 4.98 Å². The summed E-state index contributed by atoms with van der Waals surface area (Å²) in [5, 5.41) is 18.3. The lowest BCUT2D eigenvalue weighted by molar-refractivity contribution is 0.443. The first-order valence-corrected chi connectivity index (χ1v) is 10.6. The van der Waals surface area contributed by atoms with Crippen molar-refractivity contribution in [2.24, 2.45) is 10.4 Å². The molecule has 12 heteroatoms. The van der Waals surface area contributed by atoms with Crippen molar-refractivity contribution in [3.05, 3.63) is 51.9 Å². The zero-order valence-corrected chi connectivity index (χ0v) is 17.2. The van der Waals surface area contributed by atoms with Crippen LogP contribution in [0.5, 0.6) is 5.88 Å². The first kappa shape index (κ1) is 18.8. The summed E-state index contributed by atoms with van der Waals surface area (Å²) in [6, 6.07) is 0.263. The number of fused-ring (bicyclic) bond motifs is 1. The Balaban J connectivity index is 1.36. The highest BCUT2D eigenvalue weighted by molar-refractivity contribution is 5.57. The molecule has 12 nitrogen and oxygen atoms in total. The van der Waals surface area contributed by atoms with Gasteiger partial charge in [-0.05, 0) is 31.8 Å². The summed E-state index contributed by atoms with van der Waals surface area (Å²) >= 11 is 0. The number of imidazole rings is 2. The Bertz CT molecular complexity index is 1450. The normalized spacial score (nSPS) is 18.5. The molecule has 2 aliphatic rings. The second-order valence-corrected chi connectivity index (χ2v) is 8.62.